The van der Waals surface area contributed by atoms with Crippen molar-refractivity contribution in [2.24, 2.45) is 5.92 Å². The predicted molar refractivity (Wildman–Crippen MR) is 81.3 cm³/mol. The summed E-state index contributed by atoms with van der Waals surface area (Å²) in [6.45, 7) is 6.76. The Morgan fingerprint density at radius 2 is 2.00 bits per heavy atom. The molecule has 0 atom stereocenters. The van der Waals surface area contributed by atoms with Crippen molar-refractivity contribution in [2.75, 3.05) is 33.7 Å². The van der Waals surface area contributed by atoms with Crippen LogP contribution in [-0.2, 0) is 0 Å². The van der Waals surface area contributed by atoms with Gasteiger partial charge in [-0.2, -0.15) is 0 Å². The Bertz CT molecular complexity index is 390. The average molecular weight is 333 g/mol. The van der Waals surface area contributed by atoms with Gasteiger partial charge in [0.25, 0.3) is 5.91 Å². The molecule has 0 saturated carbocycles. The molecule has 1 amide bonds. The van der Waals surface area contributed by atoms with Crippen molar-refractivity contribution in [3.05, 3.63) is 20.8 Å². The van der Waals surface area contributed by atoms with Crippen LogP contribution in [0.15, 0.2) is 15.9 Å². The number of nitrogens with zero attached hydrogens (tertiary/aromatic N) is 2. The van der Waals surface area contributed by atoms with Gasteiger partial charge in [-0.05, 0) is 48.1 Å². The van der Waals surface area contributed by atoms with Crippen molar-refractivity contribution < 1.29 is 4.79 Å². The minimum atomic E-state index is 0.140. The first-order valence-corrected chi connectivity index (χ1v) is 7.70. The monoisotopic (exact) mass is 332 g/mol. The highest BCUT2D eigenvalue weighted by molar-refractivity contribution is 9.11. The molecule has 0 fully saturated rings. The van der Waals surface area contributed by atoms with Crippen molar-refractivity contribution in [3.63, 3.8) is 0 Å². The molecule has 0 saturated heterocycles. The van der Waals surface area contributed by atoms with Crippen LogP contribution in [0.1, 0.15) is 23.5 Å². The van der Waals surface area contributed by atoms with Crippen LogP contribution in [0, 0.1) is 5.92 Å². The molecule has 102 valence electrons. The van der Waals surface area contributed by atoms with Crippen LogP contribution in [0.5, 0.6) is 0 Å². The minimum Gasteiger partial charge on any atom is -0.336 e. The second-order valence-corrected chi connectivity index (χ2v) is 7.52. The van der Waals surface area contributed by atoms with E-state index in [2.05, 4.69) is 34.7 Å². The van der Waals surface area contributed by atoms with Gasteiger partial charge in [-0.3, -0.25) is 4.79 Å². The van der Waals surface area contributed by atoms with Crippen LogP contribution in [0.25, 0.3) is 0 Å². The van der Waals surface area contributed by atoms with Gasteiger partial charge in [0.1, 0.15) is 0 Å². The first-order chi connectivity index (χ1) is 8.40. The second-order valence-electron chi connectivity index (χ2n) is 5.05. The van der Waals surface area contributed by atoms with E-state index in [4.69, 9.17) is 0 Å². The molecule has 0 aromatic carbocycles. The lowest BCUT2D eigenvalue weighted by molar-refractivity contribution is 0.0729. The molecule has 0 N–H and O–H groups in total. The molecule has 0 aliphatic heterocycles. The van der Waals surface area contributed by atoms with Gasteiger partial charge in [0.15, 0.2) is 0 Å². The topological polar surface area (TPSA) is 23.6 Å². The van der Waals surface area contributed by atoms with Gasteiger partial charge in [0.2, 0.25) is 0 Å². The van der Waals surface area contributed by atoms with E-state index in [1.807, 2.05) is 31.1 Å². The number of carbonyl (C=O) groups is 1. The highest BCUT2D eigenvalue weighted by atomic mass is 79.9. The molecule has 1 aromatic heterocycles. The minimum absolute atomic E-state index is 0.140. The molecular weight excluding hydrogens is 312 g/mol. The largest absolute Gasteiger partial charge is 0.336 e. The van der Waals surface area contributed by atoms with Gasteiger partial charge in [0.05, 0.1) is 8.66 Å². The van der Waals surface area contributed by atoms with E-state index >= 15 is 0 Å². The van der Waals surface area contributed by atoms with E-state index in [9.17, 15) is 4.79 Å². The standard InChI is InChI=1S/C13H21BrN2OS/c1-10(2)9-16(8-7-15(3)4)13(17)11-5-6-12(14)18-11/h5-6,10H,7-9H2,1-4H3. The van der Waals surface area contributed by atoms with E-state index in [1.54, 1.807) is 0 Å². The zero-order valence-corrected chi connectivity index (χ0v) is 13.8. The van der Waals surface area contributed by atoms with E-state index in [-0.39, 0.29) is 5.91 Å². The number of carbonyl (C=O) groups excluding carboxylic acids is 1. The number of hydrogen-bond donors (Lipinski definition) is 0. The van der Waals surface area contributed by atoms with Gasteiger partial charge in [-0.1, -0.05) is 13.8 Å². The summed E-state index contributed by atoms with van der Waals surface area (Å²) in [6, 6.07) is 3.82. The summed E-state index contributed by atoms with van der Waals surface area (Å²) in [5.74, 6) is 0.626. The Morgan fingerprint density at radius 1 is 1.33 bits per heavy atom. The molecule has 3 nitrogen and oxygen atoms in total. The zero-order chi connectivity index (χ0) is 13.7. The molecule has 1 aromatic rings. The molecule has 0 radical (unpaired) electrons. The summed E-state index contributed by atoms with van der Waals surface area (Å²) in [4.78, 5) is 17.3. The van der Waals surface area contributed by atoms with Crippen LogP contribution in [0.3, 0.4) is 0 Å². The lowest BCUT2D eigenvalue weighted by atomic mass is 10.2. The molecule has 0 aliphatic rings. The van der Waals surface area contributed by atoms with Crippen molar-refractivity contribution in [1.29, 1.82) is 0 Å². The number of hydrogen-bond acceptors (Lipinski definition) is 3. The first-order valence-electron chi connectivity index (χ1n) is 6.09. The summed E-state index contributed by atoms with van der Waals surface area (Å²) in [6.07, 6.45) is 0. The summed E-state index contributed by atoms with van der Waals surface area (Å²) in [7, 11) is 4.06. The highest BCUT2D eigenvalue weighted by Crippen LogP contribution is 2.23. The maximum absolute atomic E-state index is 12.4. The molecule has 0 unspecified atom stereocenters. The molecule has 5 heteroatoms. The van der Waals surface area contributed by atoms with E-state index in [1.165, 1.54) is 11.3 Å². The summed E-state index contributed by atoms with van der Waals surface area (Å²) in [5.41, 5.74) is 0. The molecule has 1 rings (SSSR count). The fourth-order valence-corrected chi connectivity index (χ4v) is 2.98. The number of likely N-dealkylation sites (N-methyl/N-ethyl adjacent to an activating group) is 1. The quantitative estimate of drug-likeness (QED) is 0.798. The van der Waals surface area contributed by atoms with Crippen LogP contribution in [0.2, 0.25) is 0 Å². The lowest BCUT2D eigenvalue weighted by Gasteiger charge is -2.25. The Labute approximate surface area is 122 Å². The lowest BCUT2D eigenvalue weighted by Crippen LogP contribution is -2.38. The molecule has 0 bridgehead atoms. The fraction of sp³-hybridized carbons (Fsp3) is 0.615. The van der Waals surface area contributed by atoms with Crippen LogP contribution >= 0.6 is 27.3 Å². The normalized spacial score (nSPS) is 11.3. The first kappa shape index (κ1) is 15.7. The van der Waals surface area contributed by atoms with Crippen molar-refractivity contribution in [3.8, 4) is 0 Å². The summed E-state index contributed by atoms with van der Waals surface area (Å²) >= 11 is 4.90. The van der Waals surface area contributed by atoms with Crippen LogP contribution in [-0.4, -0.2) is 49.4 Å². The van der Waals surface area contributed by atoms with Gasteiger partial charge < -0.3 is 9.80 Å². The SMILES string of the molecule is CC(C)CN(CCN(C)C)C(=O)c1ccc(Br)s1. The van der Waals surface area contributed by atoms with Crippen LogP contribution < -0.4 is 0 Å². The third-order valence-corrected chi connectivity index (χ3v) is 4.09. The third-order valence-electron chi connectivity index (χ3n) is 2.47. The number of amides is 1. The molecule has 0 aliphatic carbocycles. The molecule has 18 heavy (non-hydrogen) atoms. The van der Waals surface area contributed by atoms with Gasteiger partial charge in [-0.15, -0.1) is 11.3 Å². The predicted octanol–water partition coefficient (Wildman–Crippen LogP) is 3.17. The third kappa shape index (κ3) is 5.08. The van der Waals surface area contributed by atoms with Gasteiger partial charge >= 0.3 is 0 Å². The van der Waals surface area contributed by atoms with E-state index in [0.29, 0.717) is 5.92 Å². The van der Waals surface area contributed by atoms with Gasteiger partial charge in [0, 0.05) is 19.6 Å². The van der Waals surface area contributed by atoms with E-state index < -0.39 is 0 Å². The molecule has 0 spiro atoms. The number of thiophene rings is 1. The van der Waals surface area contributed by atoms with Crippen LogP contribution in [0.4, 0.5) is 0 Å². The van der Waals surface area contributed by atoms with E-state index in [0.717, 1.165) is 28.3 Å². The number of rotatable bonds is 6. The number of halogens is 1. The van der Waals surface area contributed by atoms with Crippen molar-refractivity contribution in [2.45, 2.75) is 13.8 Å². The van der Waals surface area contributed by atoms with Crippen molar-refractivity contribution >= 4 is 33.2 Å². The second kappa shape index (κ2) is 7.26. The molecular formula is C13H21BrN2OS. The Kier molecular flexibility index (Phi) is 6.32. The molecule has 1 heterocycles. The Morgan fingerprint density at radius 3 is 2.44 bits per heavy atom. The fourth-order valence-electron chi connectivity index (χ4n) is 1.62. The summed E-state index contributed by atoms with van der Waals surface area (Å²) < 4.78 is 1.00. The Balaban J connectivity index is 2.72. The zero-order valence-electron chi connectivity index (χ0n) is 11.4. The maximum atomic E-state index is 12.4. The Hall–Kier alpha value is -0.390. The smallest absolute Gasteiger partial charge is 0.264 e. The average Bonchev–Trinajstić information content (AvgIpc) is 2.69. The maximum Gasteiger partial charge on any atom is 0.264 e. The highest BCUT2D eigenvalue weighted by Gasteiger charge is 2.18. The van der Waals surface area contributed by atoms with Gasteiger partial charge in [-0.25, -0.2) is 0 Å². The van der Waals surface area contributed by atoms with Crippen molar-refractivity contribution in [1.82, 2.24) is 9.80 Å². The summed E-state index contributed by atoms with van der Waals surface area (Å²) in [5, 5.41) is 0.